The van der Waals surface area contributed by atoms with Crippen LogP contribution >= 0.6 is 0 Å². The number of esters is 1. The third-order valence-electron chi connectivity index (χ3n) is 2.67. The van der Waals surface area contributed by atoms with Gasteiger partial charge >= 0.3 is 12.1 Å². The molecule has 0 rings (SSSR count). The normalized spacial score (nSPS) is 12.6. The summed E-state index contributed by atoms with van der Waals surface area (Å²) in [7, 11) is 1.41. The SMILES string of the molecule is CCOC(=O)C(C)(C)C(=O)CN(C)CCC(F)(F)F. The van der Waals surface area contributed by atoms with E-state index in [9.17, 15) is 22.8 Å². The first-order valence-corrected chi connectivity index (χ1v) is 5.96. The Labute approximate surface area is 110 Å². The van der Waals surface area contributed by atoms with Crippen LogP contribution in [0.3, 0.4) is 0 Å². The molecule has 0 heterocycles. The number of Topliss-reactive ketones (excluding diaryl/α,β-unsaturated/α-hetero) is 1. The number of halogens is 3. The van der Waals surface area contributed by atoms with Crippen molar-refractivity contribution in [1.82, 2.24) is 4.90 Å². The van der Waals surface area contributed by atoms with Gasteiger partial charge in [0.05, 0.1) is 19.6 Å². The van der Waals surface area contributed by atoms with Crippen LogP contribution in [0.4, 0.5) is 13.2 Å². The number of alkyl halides is 3. The molecule has 0 radical (unpaired) electrons. The van der Waals surface area contributed by atoms with Crippen LogP contribution in [0.5, 0.6) is 0 Å². The standard InChI is InChI=1S/C12H20F3NO3/c1-5-19-10(18)11(2,3)9(17)8-16(4)7-6-12(13,14)15/h5-8H2,1-4H3. The average molecular weight is 283 g/mol. The second kappa shape index (κ2) is 6.88. The van der Waals surface area contributed by atoms with Crippen LogP contribution < -0.4 is 0 Å². The van der Waals surface area contributed by atoms with Gasteiger partial charge in [0, 0.05) is 6.54 Å². The van der Waals surface area contributed by atoms with Gasteiger partial charge in [0.2, 0.25) is 0 Å². The Morgan fingerprint density at radius 1 is 1.21 bits per heavy atom. The molecule has 0 amide bonds. The highest BCUT2D eigenvalue weighted by Gasteiger charge is 2.37. The molecule has 0 aliphatic carbocycles. The molecule has 0 N–H and O–H groups in total. The zero-order chi connectivity index (χ0) is 15.3. The van der Waals surface area contributed by atoms with Crippen LogP contribution in [0, 0.1) is 5.41 Å². The van der Waals surface area contributed by atoms with E-state index in [0.717, 1.165) is 0 Å². The highest BCUT2D eigenvalue weighted by atomic mass is 19.4. The number of nitrogens with zero attached hydrogens (tertiary/aromatic N) is 1. The molecule has 7 heteroatoms. The minimum absolute atomic E-state index is 0.152. The Morgan fingerprint density at radius 2 is 1.74 bits per heavy atom. The number of hydrogen-bond donors (Lipinski definition) is 0. The van der Waals surface area contributed by atoms with Gasteiger partial charge in [-0.1, -0.05) is 0 Å². The van der Waals surface area contributed by atoms with Gasteiger partial charge in [-0.25, -0.2) is 0 Å². The van der Waals surface area contributed by atoms with Crippen LogP contribution in [-0.2, 0) is 14.3 Å². The first-order chi connectivity index (χ1) is 8.50. The summed E-state index contributed by atoms with van der Waals surface area (Å²) in [4.78, 5) is 24.7. The van der Waals surface area contributed by atoms with Crippen LogP contribution in [-0.4, -0.2) is 49.6 Å². The molecule has 0 aromatic carbocycles. The molecule has 0 aliphatic rings. The lowest BCUT2D eigenvalue weighted by Crippen LogP contribution is -2.41. The monoisotopic (exact) mass is 283 g/mol. The third kappa shape index (κ3) is 6.56. The van der Waals surface area contributed by atoms with Crippen molar-refractivity contribution < 1.29 is 27.5 Å². The zero-order valence-electron chi connectivity index (χ0n) is 11.6. The molecule has 0 saturated carbocycles. The van der Waals surface area contributed by atoms with E-state index in [-0.39, 0.29) is 19.7 Å². The molecule has 0 bridgehead atoms. The first-order valence-electron chi connectivity index (χ1n) is 5.96. The smallest absolute Gasteiger partial charge is 0.390 e. The van der Waals surface area contributed by atoms with Crippen molar-refractivity contribution in [1.29, 1.82) is 0 Å². The van der Waals surface area contributed by atoms with Crippen molar-refractivity contribution in [3.05, 3.63) is 0 Å². The van der Waals surface area contributed by atoms with Crippen LogP contribution in [0.1, 0.15) is 27.2 Å². The van der Waals surface area contributed by atoms with Gasteiger partial charge in [-0.05, 0) is 27.8 Å². The maximum absolute atomic E-state index is 12.0. The molecule has 0 unspecified atom stereocenters. The summed E-state index contributed by atoms with van der Waals surface area (Å²) in [5, 5.41) is 0. The molecule has 0 aromatic rings. The highest BCUT2D eigenvalue weighted by Crippen LogP contribution is 2.21. The first kappa shape index (κ1) is 17.9. The summed E-state index contributed by atoms with van der Waals surface area (Å²) in [5.41, 5.74) is -1.34. The molecule has 0 saturated heterocycles. The number of ketones is 1. The Morgan fingerprint density at radius 3 is 2.16 bits per heavy atom. The average Bonchev–Trinajstić information content (AvgIpc) is 2.25. The van der Waals surface area contributed by atoms with Crippen molar-refractivity contribution in [2.24, 2.45) is 5.41 Å². The number of carbonyl (C=O) groups is 2. The van der Waals surface area contributed by atoms with Gasteiger partial charge in [-0.2, -0.15) is 13.2 Å². The molecule has 0 atom stereocenters. The fraction of sp³-hybridized carbons (Fsp3) is 0.833. The third-order valence-corrected chi connectivity index (χ3v) is 2.67. The van der Waals surface area contributed by atoms with E-state index in [4.69, 9.17) is 4.74 Å². The summed E-state index contributed by atoms with van der Waals surface area (Å²) in [6.45, 7) is 4.08. The molecule has 0 aromatic heterocycles. The lowest BCUT2D eigenvalue weighted by atomic mass is 9.88. The summed E-state index contributed by atoms with van der Waals surface area (Å²) in [6, 6.07) is 0. The Bertz CT molecular complexity index is 327. The Hall–Kier alpha value is -1.11. The lowest BCUT2D eigenvalue weighted by Gasteiger charge is -2.24. The maximum atomic E-state index is 12.0. The topological polar surface area (TPSA) is 46.6 Å². The van der Waals surface area contributed by atoms with Crippen LogP contribution in [0.25, 0.3) is 0 Å². The predicted octanol–water partition coefficient (Wildman–Crippen LogP) is 2.03. The van der Waals surface area contributed by atoms with Crippen molar-refractivity contribution in [3.8, 4) is 0 Å². The van der Waals surface area contributed by atoms with Gasteiger partial charge in [0.15, 0.2) is 5.78 Å². The van der Waals surface area contributed by atoms with Crippen molar-refractivity contribution in [2.75, 3.05) is 26.7 Å². The van der Waals surface area contributed by atoms with Gasteiger partial charge in [-0.15, -0.1) is 0 Å². The number of carbonyl (C=O) groups excluding carboxylic acids is 2. The van der Waals surface area contributed by atoms with E-state index in [1.54, 1.807) is 6.92 Å². The number of likely N-dealkylation sites (N-methyl/N-ethyl adjacent to an activating group) is 1. The Kier molecular flexibility index (Phi) is 6.48. The fourth-order valence-electron chi connectivity index (χ4n) is 1.26. The van der Waals surface area contributed by atoms with E-state index in [1.807, 2.05) is 0 Å². The fourth-order valence-corrected chi connectivity index (χ4v) is 1.26. The van der Waals surface area contributed by atoms with Crippen LogP contribution in [0.2, 0.25) is 0 Å². The van der Waals surface area contributed by atoms with E-state index >= 15 is 0 Å². The molecule has 112 valence electrons. The van der Waals surface area contributed by atoms with E-state index in [1.165, 1.54) is 25.8 Å². The molecular formula is C12H20F3NO3. The summed E-state index contributed by atoms with van der Waals surface area (Å²) in [6.07, 6.45) is -5.25. The minimum atomic E-state index is -4.26. The summed E-state index contributed by atoms with van der Waals surface area (Å²) < 4.78 is 40.9. The molecular weight excluding hydrogens is 263 g/mol. The van der Waals surface area contributed by atoms with Gasteiger partial charge < -0.3 is 4.74 Å². The summed E-state index contributed by atoms with van der Waals surface area (Å²) in [5.74, 6) is -1.13. The van der Waals surface area contributed by atoms with Gasteiger partial charge in [0.25, 0.3) is 0 Å². The quantitative estimate of drug-likeness (QED) is 0.530. The molecule has 0 fully saturated rings. The lowest BCUT2D eigenvalue weighted by molar-refractivity contribution is -0.158. The zero-order valence-corrected chi connectivity index (χ0v) is 11.6. The number of rotatable bonds is 7. The van der Waals surface area contributed by atoms with Crippen molar-refractivity contribution in [3.63, 3.8) is 0 Å². The van der Waals surface area contributed by atoms with Crippen molar-refractivity contribution >= 4 is 11.8 Å². The predicted molar refractivity (Wildman–Crippen MR) is 63.6 cm³/mol. The second-order valence-corrected chi connectivity index (χ2v) is 4.87. The maximum Gasteiger partial charge on any atom is 0.390 e. The number of ether oxygens (including phenoxy) is 1. The summed E-state index contributed by atoms with van der Waals surface area (Å²) >= 11 is 0. The number of hydrogen-bond acceptors (Lipinski definition) is 4. The van der Waals surface area contributed by atoms with Crippen molar-refractivity contribution in [2.45, 2.75) is 33.4 Å². The molecule has 4 nitrogen and oxygen atoms in total. The molecule has 0 spiro atoms. The van der Waals surface area contributed by atoms with E-state index < -0.39 is 29.8 Å². The van der Waals surface area contributed by atoms with E-state index in [2.05, 4.69) is 0 Å². The Balaban J connectivity index is 4.39. The molecule has 19 heavy (non-hydrogen) atoms. The minimum Gasteiger partial charge on any atom is -0.465 e. The second-order valence-electron chi connectivity index (χ2n) is 4.87. The largest absolute Gasteiger partial charge is 0.465 e. The van der Waals surface area contributed by atoms with Crippen LogP contribution in [0.15, 0.2) is 0 Å². The highest BCUT2D eigenvalue weighted by molar-refractivity contribution is 6.03. The van der Waals surface area contributed by atoms with Gasteiger partial charge in [0.1, 0.15) is 5.41 Å². The van der Waals surface area contributed by atoms with Gasteiger partial charge in [-0.3, -0.25) is 14.5 Å². The van der Waals surface area contributed by atoms with E-state index in [0.29, 0.717) is 0 Å². The molecule has 0 aliphatic heterocycles.